The molecular weight excluding hydrogens is 296 g/mol. The number of ether oxygens (including phenoxy) is 1. The second-order valence-electron chi connectivity index (χ2n) is 7.32. The molecule has 3 fully saturated rings. The Morgan fingerprint density at radius 3 is 2.57 bits per heavy atom. The van der Waals surface area contributed by atoms with E-state index in [1.807, 2.05) is 9.80 Å². The topological polar surface area (TPSA) is 70.1 Å². The third-order valence-corrected chi connectivity index (χ3v) is 5.88. The lowest BCUT2D eigenvalue weighted by Crippen LogP contribution is -2.56. The van der Waals surface area contributed by atoms with E-state index in [2.05, 4.69) is 0 Å². The molecule has 1 spiro atoms. The van der Waals surface area contributed by atoms with Gasteiger partial charge in [0.05, 0.1) is 18.1 Å². The number of aliphatic hydroxyl groups is 1. The van der Waals surface area contributed by atoms with Crippen LogP contribution in [-0.4, -0.2) is 72.7 Å². The van der Waals surface area contributed by atoms with Crippen LogP contribution in [0.3, 0.4) is 0 Å². The Bertz CT molecular complexity index is 454. The lowest BCUT2D eigenvalue weighted by Gasteiger charge is -2.47. The van der Waals surface area contributed by atoms with Crippen LogP contribution in [0.2, 0.25) is 0 Å². The van der Waals surface area contributed by atoms with E-state index in [1.54, 1.807) is 7.11 Å². The zero-order chi connectivity index (χ0) is 16.4. The highest BCUT2D eigenvalue weighted by atomic mass is 16.5. The van der Waals surface area contributed by atoms with Gasteiger partial charge in [-0.05, 0) is 38.5 Å². The first-order valence-corrected chi connectivity index (χ1v) is 8.81. The second-order valence-corrected chi connectivity index (χ2v) is 7.32. The van der Waals surface area contributed by atoms with Gasteiger partial charge in [-0.15, -0.1) is 0 Å². The van der Waals surface area contributed by atoms with Crippen molar-refractivity contribution in [2.75, 3.05) is 39.9 Å². The number of carbonyl (C=O) groups excluding carboxylic acids is 2. The molecule has 0 bridgehead atoms. The van der Waals surface area contributed by atoms with Crippen LogP contribution >= 0.6 is 0 Å². The van der Waals surface area contributed by atoms with Crippen molar-refractivity contribution in [2.45, 2.75) is 44.6 Å². The molecule has 3 rings (SSSR count). The number of amides is 2. The maximum Gasteiger partial charge on any atom is 0.229 e. The number of nitrogens with zero attached hydrogens (tertiary/aromatic N) is 2. The molecule has 2 heterocycles. The molecule has 2 aliphatic heterocycles. The minimum atomic E-state index is -0.297. The van der Waals surface area contributed by atoms with Gasteiger partial charge in [-0.25, -0.2) is 0 Å². The number of piperidine rings is 2. The summed E-state index contributed by atoms with van der Waals surface area (Å²) in [6.07, 6.45) is 4.44. The fourth-order valence-corrected chi connectivity index (χ4v) is 4.23. The van der Waals surface area contributed by atoms with Gasteiger partial charge in [-0.2, -0.15) is 0 Å². The molecule has 2 amide bonds. The molecule has 0 atom stereocenters. The number of hydrogen-bond acceptors (Lipinski definition) is 4. The van der Waals surface area contributed by atoms with Gasteiger partial charge in [-0.3, -0.25) is 9.59 Å². The third-order valence-electron chi connectivity index (χ3n) is 5.88. The van der Waals surface area contributed by atoms with E-state index in [-0.39, 0.29) is 29.3 Å². The quantitative estimate of drug-likeness (QED) is 0.824. The highest BCUT2D eigenvalue weighted by molar-refractivity contribution is 5.84. The zero-order valence-electron chi connectivity index (χ0n) is 14.0. The van der Waals surface area contributed by atoms with Gasteiger partial charge in [0.1, 0.15) is 0 Å². The summed E-state index contributed by atoms with van der Waals surface area (Å²) in [5.41, 5.74) is -0.262. The van der Waals surface area contributed by atoms with Gasteiger partial charge in [0.2, 0.25) is 11.8 Å². The largest absolute Gasteiger partial charge is 0.393 e. The summed E-state index contributed by atoms with van der Waals surface area (Å²) < 4.78 is 5.10. The van der Waals surface area contributed by atoms with E-state index in [0.29, 0.717) is 39.1 Å². The maximum atomic E-state index is 12.9. The van der Waals surface area contributed by atoms with Crippen molar-refractivity contribution in [3.63, 3.8) is 0 Å². The van der Waals surface area contributed by atoms with Crippen LogP contribution in [0.15, 0.2) is 0 Å². The van der Waals surface area contributed by atoms with Crippen molar-refractivity contribution < 1.29 is 19.4 Å². The van der Waals surface area contributed by atoms with Crippen LogP contribution < -0.4 is 0 Å². The smallest absolute Gasteiger partial charge is 0.229 e. The van der Waals surface area contributed by atoms with E-state index >= 15 is 0 Å². The Morgan fingerprint density at radius 2 is 1.96 bits per heavy atom. The fourth-order valence-electron chi connectivity index (χ4n) is 4.23. The molecule has 3 aliphatic rings. The van der Waals surface area contributed by atoms with Crippen molar-refractivity contribution in [3.8, 4) is 0 Å². The van der Waals surface area contributed by atoms with Gasteiger partial charge in [0, 0.05) is 39.2 Å². The van der Waals surface area contributed by atoms with Crippen LogP contribution in [0.25, 0.3) is 0 Å². The predicted molar refractivity (Wildman–Crippen MR) is 84.7 cm³/mol. The van der Waals surface area contributed by atoms with E-state index in [9.17, 15) is 14.7 Å². The molecule has 130 valence electrons. The van der Waals surface area contributed by atoms with E-state index in [0.717, 1.165) is 32.2 Å². The van der Waals surface area contributed by atoms with Gasteiger partial charge in [0.25, 0.3) is 0 Å². The maximum absolute atomic E-state index is 12.9. The molecule has 1 N–H and O–H groups in total. The van der Waals surface area contributed by atoms with Gasteiger partial charge < -0.3 is 19.6 Å². The molecular formula is C17H28N2O4. The van der Waals surface area contributed by atoms with Crippen LogP contribution in [0, 0.1) is 11.3 Å². The SMILES string of the molecule is COCCN1CCCC2(CCN(C(=O)C3CC(O)C3)CC2)C1=O. The lowest BCUT2D eigenvalue weighted by atomic mass is 9.71. The minimum Gasteiger partial charge on any atom is -0.393 e. The molecule has 0 aromatic rings. The molecule has 23 heavy (non-hydrogen) atoms. The number of likely N-dealkylation sites (tertiary alicyclic amines) is 2. The number of aliphatic hydroxyl groups excluding tert-OH is 1. The molecule has 6 nitrogen and oxygen atoms in total. The Kier molecular flexibility index (Phi) is 4.92. The monoisotopic (exact) mass is 324 g/mol. The normalized spacial score (nSPS) is 30.4. The first kappa shape index (κ1) is 16.7. The Hall–Kier alpha value is -1.14. The second kappa shape index (κ2) is 6.77. The molecule has 2 saturated heterocycles. The van der Waals surface area contributed by atoms with Crippen molar-refractivity contribution >= 4 is 11.8 Å². The summed E-state index contributed by atoms with van der Waals surface area (Å²) in [5.74, 6) is 0.427. The Balaban J connectivity index is 1.56. The van der Waals surface area contributed by atoms with Crippen molar-refractivity contribution in [1.29, 1.82) is 0 Å². The van der Waals surface area contributed by atoms with Gasteiger partial charge in [-0.1, -0.05) is 0 Å². The molecule has 1 aliphatic carbocycles. The average Bonchev–Trinajstić information content (AvgIpc) is 2.53. The van der Waals surface area contributed by atoms with Crippen LogP contribution in [0.5, 0.6) is 0 Å². The first-order chi connectivity index (χ1) is 11.1. The summed E-state index contributed by atoms with van der Waals surface area (Å²) in [7, 11) is 1.66. The van der Waals surface area contributed by atoms with E-state index in [4.69, 9.17) is 4.74 Å². The lowest BCUT2D eigenvalue weighted by molar-refractivity contribution is -0.156. The highest BCUT2D eigenvalue weighted by Crippen LogP contribution is 2.41. The summed E-state index contributed by atoms with van der Waals surface area (Å²) in [5, 5.41) is 9.37. The standard InChI is InChI=1S/C17H28N2O4/c1-23-10-9-19-6-2-3-17(16(19)22)4-7-18(8-5-17)15(21)13-11-14(20)12-13/h13-14,20H,2-12H2,1H3. The third kappa shape index (κ3) is 3.24. The molecule has 0 unspecified atom stereocenters. The summed E-state index contributed by atoms with van der Waals surface area (Å²) in [4.78, 5) is 29.1. The number of methoxy groups -OCH3 is 1. The average molecular weight is 324 g/mol. The number of rotatable bonds is 4. The molecule has 6 heteroatoms. The minimum absolute atomic E-state index is 0.000640. The predicted octanol–water partition coefficient (Wildman–Crippen LogP) is 0.635. The summed E-state index contributed by atoms with van der Waals surface area (Å²) in [6.45, 7) is 3.42. The summed E-state index contributed by atoms with van der Waals surface area (Å²) in [6, 6.07) is 0. The molecule has 0 aromatic heterocycles. The van der Waals surface area contributed by atoms with Crippen molar-refractivity contribution in [1.82, 2.24) is 9.80 Å². The van der Waals surface area contributed by atoms with E-state index in [1.165, 1.54) is 0 Å². The first-order valence-electron chi connectivity index (χ1n) is 8.81. The van der Waals surface area contributed by atoms with Crippen LogP contribution in [0.4, 0.5) is 0 Å². The Labute approximate surface area is 137 Å². The Morgan fingerprint density at radius 1 is 1.26 bits per heavy atom. The van der Waals surface area contributed by atoms with Crippen molar-refractivity contribution in [2.24, 2.45) is 11.3 Å². The number of carbonyl (C=O) groups is 2. The summed E-state index contributed by atoms with van der Waals surface area (Å²) >= 11 is 0. The number of hydrogen-bond donors (Lipinski definition) is 1. The fraction of sp³-hybridized carbons (Fsp3) is 0.882. The van der Waals surface area contributed by atoms with Crippen molar-refractivity contribution in [3.05, 3.63) is 0 Å². The van der Waals surface area contributed by atoms with Gasteiger partial charge in [0.15, 0.2) is 0 Å². The molecule has 0 aromatic carbocycles. The van der Waals surface area contributed by atoms with Gasteiger partial charge >= 0.3 is 0 Å². The van der Waals surface area contributed by atoms with Crippen LogP contribution in [-0.2, 0) is 14.3 Å². The van der Waals surface area contributed by atoms with Crippen LogP contribution in [0.1, 0.15) is 38.5 Å². The molecule has 1 saturated carbocycles. The highest BCUT2D eigenvalue weighted by Gasteiger charge is 2.47. The van der Waals surface area contributed by atoms with E-state index < -0.39 is 0 Å². The zero-order valence-corrected chi connectivity index (χ0v) is 14.0. The molecule has 0 radical (unpaired) electrons.